The molecule has 1 N–H and O–H groups in total. The molecule has 10 heavy (non-hydrogen) atoms. The van der Waals surface area contributed by atoms with Crippen LogP contribution in [0.4, 0.5) is 0 Å². The monoisotopic (exact) mass is 141 g/mol. The number of carbonyl (C=O) groups excluding carboxylic acids is 2. The standard InChI is InChI=1S/C7H11NO2/c1-6(9)4-3-5-7(10)8-2/h3-4H,5H2,1-2H3,(H,8,10)/b4-3-. The maximum absolute atomic E-state index is 10.5. The minimum Gasteiger partial charge on any atom is -0.359 e. The fourth-order valence-corrected chi connectivity index (χ4v) is 0.434. The quantitative estimate of drug-likeness (QED) is 0.573. The molecule has 0 rings (SSSR count). The topological polar surface area (TPSA) is 46.2 Å². The van der Waals surface area contributed by atoms with Gasteiger partial charge in [-0.25, -0.2) is 0 Å². The fraction of sp³-hybridized carbons (Fsp3) is 0.429. The minimum absolute atomic E-state index is 0.0381. The van der Waals surface area contributed by atoms with Crippen LogP contribution in [0.5, 0.6) is 0 Å². The molecule has 3 nitrogen and oxygen atoms in total. The Balaban J connectivity index is 3.53. The van der Waals surface area contributed by atoms with Gasteiger partial charge in [0.1, 0.15) is 0 Å². The number of hydrogen-bond donors (Lipinski definition) is 1. The predicted octanol–water partition coefficient (Wildman–Crippen LogP) is 0.268. The van der Waals surface area contributed by atoms with Gasteiger partial charge in [-0.3, -0.25) is 9.59 Å². The lowest BCUT2D eigenvalue weighted by atomic mass is 10.3. The highest BCUT2D eigenvalue weighted by molar-refractivity contribution is 5.88. The molecule has 0 unspecified atom stereocenters. The van der Waals surface area contributed by atoms with Crippen LogP contribution in [0.15, 0.2) is 12.2 Å². The third-order valence-electron chi connectivity index (χ3n) is 0.935. The van der Waals surface area contributed by atoms with E-state index in [-0.39, 0.29) is 18.1 Å². The summed E-state index contributed by atoms with van der Waals surface area (Å²) in [7, 11) is 1.56. The molecule has 3 heteroatoms. The predicted molar refractivity (Wildman–Crippen MR) is 38.5 cm³/mol. The Labute approximate surface area is 60.1 Å². The van der Waals surface area contributed by atoms with Crippen molar-refractivity contribution in [1.82, 2.24) is 5.32 Å². The van der Waals surface area contributed by atoms with E-state index in [4.69, 9.17) is 0 Å². The van der Waals surface area contributed by atoms with Gasteiger partial charge < -0.3 is 5.32 Å². The summed E-state index contributed by atoms with van der Waals surface area (Å²) in [6.07, 6.45) is 3.20. The summed E-state index contributed by atoms with van der Waals surface area (Å²) in [5.41, 5.74) is 0. The largest absolute Gasteiger partial charge is 0.359 e. The number of hydrogen-bond acceptors (Lipinski definition) is 2. The van der Waals surface area contributed by atoms with E-state index in [2.05, 4.69) is 5.32 Å². The van der Waals surface area contributed by atoms with Gasteiger partial charge in [-0.15, -0.1) is 0 Å². The van der Waals surface area contributed by atoms with Gasteiger partial charge in [-0.1, -0.05) is 6.08 Å². The summed E-state index contributed by atoms with van der Waals surface area (Å²) >= 11 is 0. The zero-order valence-corrected chi connectivity index (χ0v) is 6.18. The Kier molecular flexibility index (Phi) is 4.20. The smallest absolute Gasteiger partial charge is 0.223 e. The molecule has 0 saturated carbocycles. The summed E-state index contributed by atoms with van der Waals surface area (Å²) in [6, 6.07) is 0. The van der Waals surface area contributed by atoms with Gasteiger partial charge >= 0.3 is 0 Å². The molecule has 0 saturated heterocycles. The summed E-state index contributed by atoms with van der Waals surface area (Å²) in [4.78, 5) is 20.8. The van der Waals surface area contributed by atoms with Crippen molar-refractivity contribution in [1.29, 1.82) is 0 Å². The van der Waals surface area contributed by atoms with E-state index in [1.807, 2.05) is 0 Å². The van der Waals surface area contributed by atoms with Gasteiger partial charge in [0.05, 0.1) is 0 Å². The highest BCUT2D eigenvalue weighted by Crippen LogP contribution is 1.82. The number of allylic oxidation sites excluding steroid dienone is 1. The molecular formula is C7H11NO2. The van der Waals surface area contributed by atoms with Gasteiger partial charge in [0, 0.05) is 13.5 Å². The summed E-state index contributed by atoms with van der Waals surface area (Å²) in [6.45, 7) is 1.44. The van der Waals surface area contributed by atoms with Gasteiger partial charge in [0.25, 0.3) is 0 Å². The van der Waals surface area contributed by atoms with Gasteiger partial charge in [-0.05, 0) is 13.0 Å². The van der Waals surface area contributed by atoms with Crippen LogP contribution in [0, 0.1) is 0 Å². The lowest BCUT2D eigenvalue weighted by Gasteiger charge is -1.90. The lowest BCUT2D eigenvalue weighted by molar-refractivity contribution is -0.119. The van der Waals surface area contributed by atoms with Crippen LogP contribution < -0.4 is 5.32 Å². The molecule has 0 aliphatic rings. The first-order valence-corrected chi connectivity index (χ1v) is 3.04. The van der Waals surface area contributed by atoms with Crippen LogP contribution >= 0.6 is 0 Å². The molecular weight excluding hydrogens is 130 g/mol. The van der Waals surface area contributed by atoms with Crippen LogP contribution in [0.3, 0.4) is 0 Å². The van der Waals surface area contributed by atoms with E-state index >= 15 is 0 Å². The average molecular weight is 141 g/mol. The molecule has 0 aliphatic carbocycles. The molecule has 0 atom stereocenters. The van der Waals surface area contributed by atoms with Crippen molar-refractivity contribution in [3.8, 4) is 0 Å². The van der Waals surface area contributed by atoms with Crippen molar-refractivity contribution >= 4 is 11.7 Å². The number of carbonyl (C=O) groups is 2. The summed E-state index contributed by atoms with van der Waals surface area (Å²) in [5, 5.41) is 2.44. The molecule has 0 heterocycles. The van der Waals surface area contributed by atoms with E-state index in [9.17, 15) is 9.59 Å². The zero-order valence-electron chi connectivity index (χ0n) is 6.18. The van der Waals surface area contributed by atoms with Crippen molar-refractivity contribution in [3.63, 3.8) is 0 Å². The molecule has 0 aromatic rings. The second kappa shape index (κ2) is 4.73. The average Bonchev–Trinajstić information content (AvgIpc) is 1.87. The molecule has 1 amide bonds. The number of rotatable bonds is 3. The SMILES string of the molecule is CNC(=O)C/C=C\C(C)=O. The Hall–Kier alpha value is -1.12. The van der Waals surface area contributed by atoms with Crippen LogP contribution in [-0.4, -0.2) is 18.7 Å². The molecule has 0 spiro atoms. The lowest BCUT2D eigenvalue weighted by Crippen LogP contribution is -2.16. The molecule has 0 radical (unpaired) electrons. The molecule has 56 valence electrons. The second-order valence-corrected chi connectivity index (χ2v) is 1.89. The van der Waals surface area contributed by atoms with Crippen molar-refractivity contribution in [2.75, 3.05) is 7.05 Å². The van der Waals surface area contributed by atoms with Gasteiger partial charge in [0.2, 0.25) is 5.91 Å². The highest BCUT2D eigenvalue weighted by Gasteiger charge is 1.90. The first kappa shape index (κ1) is 8.88. The van der Waals surface area contributed by atoms with Crippen molar-refractivity contribution in [3.05, 3.63) is 12.2 Å². The van der Waals surface area contributed by atoms with E-state index in [0.717, 1.165) is 0 Å². The van der Waals surface area contributed by atoms with Crippen LogP contribution in [0.1, 0.15) is 13.3 Å². The minimum atomic E-state index is -0.0856. The molecule has 0 bridgehead atoms. The number of ketones is 1. The molecule has 0 aliphatic heterocycles. The Morgan fingerprint density at radius 3 is 2.50 bits per heavy atom. The number of amides is 1. The molecule has 0 fully saturated rings. The number of nitrogens with one attached hydrogen (secondary N) is 1. The molecule has 0 aromatic heterocycles. The summed E-state index contributed by atoms with van der Waals surface area (Å²) < 4.78 is 0. The van der Waals surface area contributed by atoms with Crippen LogP contribution in [0.25, 0.3) is 0 Å². The first-order valence-electron chi connectivity index (χ1n) is 3.04. The van der Waals surface area contributed by atoms with Crippen molar-refractivity contribution in [2.45, 2.75) is 13.3 Å². The van der Waals surface area contributed by atoms with Crippen molar-refractivity contribution in [2.24, 2.45) is 0 Å². The van der Waals surface area contributed by atoms with E-state index in [1.54, 1.807) is 13.1 Å². The first-order chi connectivity index (χ1) is 4.66. The van der Waals surface area contributed by atoms with E-state index in [0.29, 0.717) is 0 Å². The molecule has 0 aromatic carbocycles. The third-order valence-corrected chi connectivity index (χ3v) is 0.935. The Bertz CT molecular complexity index is 161. The normalized spacial score (nSPS) is 9.80. The van der Waals surface area contributed by atoms with Crippen LogP contribution in [-0.2, 0) is 9.59 Å². The maximum atomic E-state index is 10.5. The highest BCUT2D eigenvalue weighted by atomic mass is 16.1. The Morgan fingerprint density at radius 2 is 2.10 bits per heavy atom. The van der Waals surface area contributed by atoms with Crippen LogP contribution in [0.2, 0.25) is 0 Å². The maximum Gasteiger partial charge on any atom is 0.223 e. The second-order valence-electron chi connectivity index (χ2n) is 1.89. The van der Waals surface area contributed by atoms with Gasteiger partial charge in [0.15, 0.2) is 5.78 Å². The van der Waals surface area contributed by atoms with Crippen molar-refractivity contribution < 1.29 is 9.59 Å². The summed E-state index contributed by atoms with van der Waals surface area (Å²) in [5.74, 6) is -0.124. The Morgan fingerprint density at radius 1 is 1.50 bits per heavy atom. The fourth-order valence-electron chi connectivity index (χ4n) is 0.434. The third kappa shape index (κ3) is 5.03. The van der Waals surface area contributed by atoms with E-state index in [1.165, 1.54) is 13.0 Å². The zero-order chi connectivity index (χ0) is 7.98. The van der Waals surface area contributed by atoms with Gasteiger partial charge in [-0.2, -0.15) is 0 Å². The van der Waals surface area contributed by atoms with E-state index < -0.39 is 0 Å².